The van der Waals surface area contributed by atoms with Crippen LogP contribution >= 0.6 is 0 Å². The summed E-state index contributed by atoms with van der Waals surface area (Å²) in [6, 6.07) is 2.08. The molecule has 1 N–H and O–H groups in total. The molecule has 0 saturated heterocycles. The highest BCUT2D eigenvalue weighted by atomic mass is 16.5. The summed E-state index contributed by atoms with van der Waals surface area (Å²) in [6.45, 7) is 9.56. The number of rotatable bonds is 8. The minimum Gasteiger partial charge on any atom is -0.338 e. The van der Waals surface area contributed by atoms with Gasteiger partial charge >= 0.3 is 0 Å². The van der Waals surface area contributed by atoms with E-state index in [1.807, 2.05) is 6.92 Å². The molecule has 0 aromatic carbocycles. The number of carbonyl (C=O) groups excluding carboxylic acids is 1. The van der Waals surface area contributed by atoms with E-state index in [1.54, 1.807) is 6.07 Å². The van der Waals surface area contributed by atoms with Crippen molar-refractivity contribution in [3.8, 4) is 0 Å². The number of nitrogens with one attached hydrogen (secondary N) is 1. The van der Waals surface area contributed by atoms with E-state index < -0.39 is 0 Å². The predicted octanol–water partition coefficient (Wildman–Crippen LogP) is 2.82. The van der Waals surface area contributed by atoms with Gasteiger partial charge in [-0.05, 0) is 33.7 Å². The topological polar surface area (TPSA) is 58.4 Å². The normalized spacial score (nSPS) is 11.3. The number of unbranched alkanes of at least 4 members (excludes halogenated alkanes) is 2. The van der Waals surface area contributed by atoms with E-state index in [2.05, 4.69) is 36.1 Å². The van der Waals surface area contributed by atoms with Gasteiger partial charge < -0.3 is 4.52 Å². The fourth-order valence-electron chi connectivity index (χ4n) is 1.87. The van der Waals surface area contributed by atoms with Crippen molar-refractivity contribution in [2.24, 2.45) is 0 Å². The molecule has 1 amide bonds. The lowest BCUT2D eigenvalue weighted by atomic mass is 10.2. The van der Waals surface area contributed by atoms with E-state index >= 15 is 0 Å². The van der Waals surface area contributed by atoms with E-state index in [1.165, 1.54) is 12.8 Å². The number of aryl methyl sites for hydroxylation is 1. The Hall–Kier alpha value is -1.36. The quantitative estimate of drug-likeness (QED) is 0.736. The zero-order chi connectivity index (χ0) is 14.3. The van der Waals surface area contributed by atoms with Gasteiger partial charge in [-0.15, -0.1) is 0 Å². The Balaban J connectivity index is 2.42. The molecule has 1 aromatic rings. The molecule has 0 fully saturated rings. The lowest BCUT2D eigenvalue weighted by Crippen LogP contribution is -2.38. The number of carbonyl (C=O) groups is 1. The molecule has 0 aliphatic carbocycles. The van der Waals surface area contributed by atoms with Gasteiger partial charge in [-0.2, -0.15) is 0 Å². The highest BCUT2D eigenvalue weighted by molar-refractivity contribution is 5.90. The summed E-state index contributed by atoms with van der Waals surface area (Å²) < 4.78 is 4.98. The smallest absolute Gasteiger partial charge is 0.240 e. The SMILES string of the molecule is CCCCCN(CC(=O)Nc1cc(C)no1)C(C)C. The maximum atomic E-state index is 11.9. The van der Waals surface area contributed by atoms with Crippen LogP contribution in [0, 0.1) is 6.92 Å². The molecule has 1 rings (SSSR count). The molecule has 19 heavy (non-hydrogen) atoms. The Labute approximate surface area is 115 Å². The molecule has 1 aromatic heterocycles. The average Bonchev–Trinajstić information content (AvgIpc) is 2.73. The molecule has 0 radical (unpaired) electrons. The number of anilines is 1. The van der Waals surface area contributed by atoms with Crippen LogP contribution in [0.1, 0.15) is 45.7 Å². The van der Waals surface area contributed by atoms with Crippen LogP contribution in [0.5, 0.6) is 0 Å². The standard InChI is InChI=1S/C14H25N3O2/c1-5-6-7-8-17(11(2)3)10-13(18)15-14-9-12(4)16-19-14/h9,11H,5-8,10H2,1-4H3,(H,15,18). The van der Waals surface area contributed by atoms with Gasteiger partial charge in [0.05, 0.1) is 12.2 Å². The average molecular weight is 267 g/mol. The van der Waals surface area contributed by atoms with Crippen molar-refractivity contribution in [1.29, 1.82) is 0 Å². The summed E-state index contributed by atoms with van der Waals surface area (Å²) in [6.07, 6.45) is 3.52. The van der Waals surface area contributed by atoms with E-state index in [-0.39, 0.29) is 5.91 Å². The predicted molar refractivity (Wildman–Crippen MR) is 76.1 cm³/mol. The molecule has 5 heteroatoms. The number of amides is 1. The molecular formula is C14H25N3O2. The van der Waals surface area contributed by atoms with Crippen LogP contribution in [0.15, 0.2) is 10.6 Å². The molecule has 1 heterocycles. The Morgan fingerprint density at radius 2 is 2.21 bits per heavy atom. The van der Waals surface area contributed by atoms with Gasteiger partial charge in [0.25, 0.3) is 0 Å². The zero-order valence-corrected chi connectivity index (χ0v) is 12.4. The Kier molecular flexibility index (Phi) is 6.56. The molecule has 0 atom stereocenters. The molecule has 0 spiro atoms. The van der Waals surface area contributed by atoms with Gasteiger partial charge in [0, 0.05) is 12.1 Å². The summed E-state index contributed by atoms with van der Waals surface area (Å²) >= 11 is 0. The number of hydrogen-bond donors (Lipinski definition) is 1. The summed E-state index contributed by atoms with van der Waals surface area (Å²) in [5.74, 6) is 0.362. The minimum atomic E-state index is -0.0543. The second kappa shape index (κ2) is 7.94. The molecule has 0 bridgehead atoms. The van der Waals surface area contributed by atoms with Crippen LogP contribution in [-0.4, -0.2) is 35.1 Å². The highest BCUT2D eigenvalue weighted by Crippen LogP contribution is 2.09. The monoisotopic (exact) mass is 267 g/mol. The van der Waals surface area contributed by atoms with Gasteiger partial charge in [0.2, 0.25) is 11.8 Å². The van der Waals surface area contributed by atoms with Crippen molar-refractivity contribution in [3.05, 3.63) is 11.8 Å². The fraction of sp³-hybridized carbons (Fsp3) is 0.714. The summed E-state index contributed by atoms with van der Waals surface area (Å²) in [7, 11) is 0. The summed E-state index contributed by atoms with van der Waals surface area (Å²) in [5, 5.41) is 6.47. The minimum absolute atomic E-state index is 0.0543. The molecule has 0 saturated carbocycles. The van der Waals surface area contributed by atoms with Crippen molar-refractivity contribution < 1.29 is 9.32 Å². The Morgan fingerprint density at radius 3 is 2.74 bits per heavy atom. The number of nitrogens with zero attached hydrogens (tertiary/aromatic N) is 2. The zero-order valence-electron chi connectivity index (χ0n) is 12.4. The fourth-order valence-corrected chi connectivity index (χ4v) is 1.87. The first-order valence-corrected chi connectivity index (χ1v) is 7.00. The second-order valence-electron chi connectivity index (χ2n) is 5.15. The third-order valence-electron chi connectivity index (χ3n) is 3.02. The van der Waals surface area contributed by atoms with Crippen LogP contribution in [-0.2, 0) is 4.79 Å². The molecular weight excluding hydrogens is 242 g/mol. The van der Waals surface area contributed by atoms with Gasteiger partial charge in [-0.3, -0.25) is 15.0 Å². The van der Waals surface area contributed by atoms with E-state index in [0.717, 1.165) is 18.7 Å². The largest absolute Gasteiger partial charge is 0.338 e. The van der Waals surface area contributed by atoms with E-state index in [0.29, 0.717) is 18.5 Å². The van der Waals surface area contributed by atoms with Crippen LogP contribution in [0.25, 0.3) is 0 Å². The molecule has 0 unspecified atom stereocenters. The lowest BCUT2D eigenvalue weighted by molar-refractivity contribution is -0.117. The summed E-state index contributed by atoms with van der Waals surface area (Å²) in [4.78, 5) is 14.1. The van der Waals surface area contributed by atoms with Crippen LogP contribution in [0.4, 0.5) is 5.88 Å². The first-order valence-electron chi connectivity index (χ1n) is 7.00. The van der Waals surface area contributed by atoms with Crippen molar-refractivity contribution in [3.63, 3.8) is 0 Å². The van der Waals surface area contributed by atoms with Crippen LogP contribution in [0.3, 0.4) is 0 Å². The van der Waals surface area contributed by atoms with Crippen molar-refractivity contribution >= 4 is 11.8 Å². The first-order chi connectivity index (χ1) is 9.02. The lowest BCUT2D eigenvalue weighted by Gasteiger charge is -2.25. The van der Waals surface area contributed by atoms with Crippen molar-refractivity contribution in [2.45, 2.75) is 53.0 Å². The third-order valence-corrected chi connectivity index (χ3v) is 3.02. The molecule has 108 valence electrons. The molecule has 5 nitrogen and oxygen atoms in total. The Morgan fingerprint density at radius 1 is 1.47 bits per heavy atom. The molecule has 0 aliphatic heterocycles. The maximum Gasteiger partial charge on any atom is 0.240 e. The van der Waals surface area contributed by atoms with Gasteiger partial charge in [-0.25, -0.2) is 0 Å². The highest BCUT2D eigenvalue weighted by Gasteiger charge is 2.14. The van der Waals surface area contributed by atoms with Gasteiger partial charge in [0.15, 0.2) is 0 Å². The number of hydrogen-bond acceptors (Lipinski definition) is 4. The Bertz CT molecular complexity index is 388. The van der Waals surface area contributed by atoms with Gasteiger partial charge in [-0.1, -0.05) is 24.9 Å². The third kappa shape index (κ3) is 5.87. The number of aromatic nitrogens is 1. The van der Waals surface area contributed by atoms with E-state index in [4.69, 9.17) is 4.52 Å². The van der Waals surface area contributed by atoms with Gasteiger partial charge in [0.1, 0.15) is 0 Å². The van der Waals surface area contributed by atoms with Crippen LogP contribution < -0.4 is 5.32 Å². The summed E-state index contributed by atoms with van der Waals surface area (Å²) in [5.41, 5.74) is 0.763. The van der Waals surface area contributed by atoms with Crippen molar-refractivity contribution in [1.82, 2.24) is 10.1 Å². The first kappa shape index (κ1) is 15.7. The second-order valence-corrected chi connectivity index (χ2v) is 5.15. The van der Waals surface area contributed by atoms with Crippen LogP contribution in [0.2, 0.25) is 0 Å². The molecule has 0 aliphatic rings. The maximum absolute atomic E-state index is 11.9. The van der Waals surface area contributed by atoms with Crippen molar-refractivity contribution in [2.75, 3.05) is 18.4 Å². The van der Waals surface area contributed by atoms with E-state index in [9.17, 15) is 4.79 Å².